The standard InChI is InChI=1S/C17H21NO3/c1-12-7-8-15(9-13(12)2)18-16(19)11-21-17(20)10-14-5-3-4-6-14/h3,5,7-9,14H,4,6,10-11H2,1-2H3,(H,18,19)/t14-/m1/s1. The molecule has 1 N–H and O–H groups in total. The van der Waals surface area contributed by atoms with Crippen molar-refractivity contribution in [3.8, 4) is 0 Å². The van der Waals surface area contributed by atoms with E-state index < -0.39 is 0 Å². The van der Waals surface area contributed by atoms with Gasteiger partial charge in [0.1, 0.15) is 0 Å². The number of anilines is 1. The first-order chi connectivity index (χ1) is 10.0. The SMILES string of the molecule is Cc1ccc(NC(=O)COC(=O)C[C@@H]2C=CCC2)cc1C. The molecular weight excluding hydrogens is 266 g/mol. The predicted octanol–water partition coefficient (Wildman–Crippen LogP) is 3.14. The smallest absolute Gasteiger partial charge is 0.306 e. The number of benzene rings is 1. The van der Waals surface area contributed by atoms with Gasteiger partial charge in [0, 0.05) is 5.69 Å². The van der Waals surface area contributed by atoms with Crippen molar-refractivity contribution < 1.29 is 14.3 Å². The second kappa shape index (κ2) is 7.07. The van der Waals surface area contributed by atoms with Gasteiger partial charge < -0.3 is 10.1 Å². The molecule has 1 atom stereocenters. The van der Waals surface area contributed by atoms with Gasteiger partial charge in [-0.05, 0) is 55.9 Å². The molecule has 112 valence electrons. The average Bonchev–Trinajstić information content (AvgIpc) is 2.93. The van der Waals surface area contributed by atoms with Crippen molar-refractivity contribution >= 4 is 17.6 Å². The van der Waals surface area contributed by atoms with E-state index in [9.17, 15) is 9.59 Å². The topological polar surface area (TPSA) is 55.4 Å². The van der Waals surface area contributed by atoms with Crippen LogP contribution in [0.25, 0.3) is 0 Å². The van der Waals surface area contributed by atoms with Gasteiger partial charge in [-0.3, -0.25) is 9.59 Å². The third-order valence-corrected chi connectivity index (χ3v) is 3.70. The number of amides is 1. The Balaban J connectivity index is 1.75. The van der Waals surface area contributed by atoms with Gasteiger partial charge in [0.05, 0.1) is 6.42 Å². The summed E-state index contributed by atoms with van der Waals surface area (Å²) in [5.74, 6) is -0.365. The average molecular weight is 287 g/mol. The normalized spacial score (nSPS) is 16.8. The second-order valence-corrected chi connectivity index (χ2v) is 5.48. The molecule has 4 heteroatoms. The maximum atomic E-state index is 11.7. The number of carbonyl (C=O) groups excluding carboxylic acids is 2. The zero-order chi connectivity index (χ0) is 15.2. The van der Waals surface area contributed by atoms with E-state index in [0.29, 0.717) is 6.42 Å². The number of carbonyl (C=O) groups is 2. The van der Waals surface area contributed by atoms with Crippen LogP contribution in [0.1, 0.15) is 30.4 Å². The van der Waals surface area contributed by atoms with Crippen molar-refractivity contribution in [3.63, 3.8) is 0 Å². The molecule has 0 unspecified atom stereocenters. The summed E-state index contributed by atoms with van der Waals surface area (Å²) >= 11 is 0. The Labute approximate surface area is 125 Å². The Morgan fingerprint density at radius 2 is 2.10 bits per heavy atom. The van der Waals surface area contributed by atoms with Crippen molar-refractivity contribution in [1.82, 2.24) is 0 Å². The van der Waals surface area contributed by atoms with E-state index in [4.69, 9.17) is 4.74 Å². The lowest BCUT2D eigenvalue weighted by Gasteiger charge is -2.09. The zero-order valence-electron chi connectivity index (χ0n) is 12.5. The van der Waals surface area contributed by atoms with Crippen LogP contribution < -0.4 is 5.32 Å². The molecule has 0 fully saturated rings. The van der Waals surface area contributed by atoms with Crippen LogP contribution in [0.15, 0.2) is 30.4 Å². The minimum Gasteiger partial charge on any atom is -0.456 e. The Bertz CT molecular complexity index is 563. The van der Waals surface area contributed by atoms with Crippen LogP contribution in [-0.4, -0.2) is 18.5 Å². The minimum absolute atomic E-state index is 0.234. The van der Waals surface area contributed by atoms with Gasteiger partial charge >= 0.3 is 5.97 Å². The lowest BCUT2D eigenvalue weighted by Crippen LogP contribution is -2.21. The predicted molar refractivity (Wildman–Crippen MR) is 82.0 cm³/mol. The number of hydrogen-bond acceptors (Lipinski definition) is 3. The number of ether oxygens (including phenoxy) is 1. The first-order valence-corrected chi connectivity index (χ1v) is 7.24. The van der Waals surface area contributed by atoms with E-state index >= 15 is 0 Å². The van der Waals surface area contributed by atoms with Crippen LogP contribution >= 0.6 is 0 Å². The molecule has 1 aromatic rings. The molecule has 0 bridgehead atoms. The largest absolute Gasteiger partial charge is 0.456 e. The summed E-state index contributed by atoms with van der Waals surface area (Å²) in [5, 5.41) is 2.73. The van der Waals surface area contributed by atoms with Crippen molar-refractivity contribution in [2.24, 2.45) is 5.92 Å². The molecule has 1 aliphatic carbocycles. The summed E-state index contributed by atoms with van der Waals surface area (Å²) in [6.45, 7) is 3.77. The highest BCUT2D eigenvalue weighted by Gasteiger charge is 2.16. The summed E-state index contributed by atoms with van der Waals surface area (Å²) in [6.07, 6.45) is 6.48. The van der Waals surface area contributed by atoms with E-state index in [1.165, 1.54) is 5.56 Å². The highest BCUT2D eigenvalue weighted by atomic mass is 16.5. The maximum absolute atomic E-state index is 11.7. The van der Waals surface area contributed by atoms with Crippen LogP contribution in [0.4, 0.5) is 5.69 Å². The summed E-state index contributed by atoms with van der Waals surface area (Å²) in [6, 6.07) is 5.69. The minimum atomic E-state index is -0.318. The van der Waals surface area contributed by atoms with Crippen LogP contribution in [0.3, 0.4) is 0 Å². The van der Waals surface area contributed by atoms with E-state index in [-0.39, 0.29) is 24.4 Å². The number of nitrogens with one attached hydrogen (secondary N) is 1. The van der Waals surface area contributed by atoms with Crippen LogP contribution in [0.2, 0.25) is 0 Å². The Morgan fingerprint density at radius 3 is 2.76 bits per heavy atom. The summed E-state index contributed by atoms with van der Waals surface area (Å²) < 4.78 is 5.01. The zero-order valence-corrected chi connectivity index (χ0v) is 12.5. The van der Waals surface area contributed by atoms with Gasteiger partial charge in [-0.15, -0.1) is 0 Å². The molecule has 1 aliphatic rings. The second-order valence-electron chi connectivity index (χ2n) is 5.48. The fourth-order valence-electron chi connectivity index (χ4n) is 2.30. The molecule has 2 rings (SSSR count). The Kier molecular flexibility index (Phi) is 5.14. The van der Waals surface area contributed by atoms with E-state index in [1.807, 2.05) is 38.1 Å². The third kappa shape index (κ3) is 4.74. The van der Waals surface area contributed by atoms with Crippen LogP contribution in [0, 0.1) is 19.8 Å². The number of rotatable bonds is 5. The lowest BCUT2D eigenvalue weighted by atomic mass is 10.1. The van der Waals surface area contributed by atoms with Gasteiger partial charge in [0.15, 0.2) is 6.61 Å². The molecule has 4 nitrogen and oxygen atoms in total. The molecule has 0 radical (unpaired) electrons. The molecule has 1 aromatic carbocycles. The lowest BCUT2D eigenvalue weighted by molar-refractivity contribution is -0.147. The number of esters is 1. The molecule has 0 aliphatic heterocycles. The van der Waals surface area contributed by atoms with E-state index in [1.54, 1.807) is 0 Å². The molecule has 1 amide bonds. The van der Waals surface area contributed by atoms with Gasteiger partial charge in [-0.2, -0.15) is 0 Å². The first kappa shape index (κ1) is 15.3. The van der Waals surface area contributed by atoms with Crippen LogP contribution in [0.5, 0.6) is 0 Å². The van der Waals surface area contributed by atoms with Crippen molar-refractivity contribution in [2.45, 2.75) is 33.1 Å². The van der Waals surface area contributed by atoms with Gasteiger partial charge in [0.25, 0.3) is 5.91 Å². The molecular formula is C17H21NO3. The number of aryl methyl sites for hydroxylation is 2. The number of allylic oxidation sites excluding steroid dienone is 2. The van der Waals surface area contributed by atoms with E-state index in [0.717, 1.165) is 24.1 Å². The summed E-state index contributed by atoms with van der Waals surface area (Å²) in [5.41, 5.74) is 3.00. The highest BCUT2D eigenvalue weighted by molar-refractivity contribution is 5.92. The highest BCUT2D eigenvalue weighted by Crippen LogP contribution is 2.20. The van der Waals surface area contributed by atoms with E-state index in [2.05, 4.69) is 11.4 Å². The first-order valence-electron chi connectivity index (χ1n) is 7.24. The number of hydrogen-bond donors (Lipinski definition) is 1. The summed E-state index contributed by atoms with van der Waals surface area (Å²) in [4.78, 5) is 23.4. The quantitative estimate of drug-likeness (QED) is 0.668. The molecule has 0 aromatic heterocycles. The Hall–Kier alpha value is -2.10. The fraction of sp³-hybridized carbons (Fsp3) is 0.412. The van der Waals surface area contributed by atoms with Gasteiger partial charge in [0.2, 0.25) is 0 Å². The fourth-order valence-corrected chi connectivity index (χ4v) is 2.30. The molecule has 0 heterocycles. The molecule has 0 saturated carbocycles. The Morgan fingerprint density at radius 1 is 1.29 bits per heavy atom. The maximum Gasteiger partial charge on any atom is 0.306 e. The molecule has 0 spiro atoms. The van der Waals surface area contributed by atoms with Gasteiger partial charge in [-0.25, -0.2) is 0 Å². The van der Waals surface area contributed by atoms with Gasteiger partial charge in [-0.1, -0.05) is 18.2 Å². The monoisotopic (exact) mass is 287 g/mol. The third-order valence-electron chi connectivity index (χ3n) is 3.70. The van der Waals surface area contributed by atoms with Crippen molar-refractivity contribution in [3.05, 3.63) is 41.5 Å². The van der Waals surface area contributed by atoms with Crippen LogP contribution in [-0.2, 0) is 14.3 Å². The molecule has 0 saturated heterocycles. The summed E-state index contributed by atoms with van der Waals surface area (Å²) in [7, 11) is 0. The van der Waals surface area contributed by atoms with Crippen molar-refractivity contribution in [2.75, 3.05) is 11.9 Å². The van der Waals surface area contributed by atoms with Crippen molar-refractivity contribution in [1.29, 1.82) is 0 Å². The molecule has 21 heavy (non-hydrogen) atoms.